The number of hydrogen-bond donors (Lipinski definition) is 0. The van der Waals surface area contributed by atoms with Crippen molar-refractivity contribution in [1.82, 2.24) is 9.80 Å². The Kier molecular flexibility index (Phi) is 5.50. The molecule has 2 amide bonds. The second-order valence-corrected chi connectivity index (χ2v) is 7.48. The Morgan fingerprint density at radius 2 is 1.39 bits per heavy atom. The van der Waals surface area contributed by atoms with Crippen molar-refractivity contribution in [2.45, 2.75) is 13.3 Å². The lowest BCUT2D eigenvalue weighted by molar-refractivity contribution is -0.127. The Morgan fingerprint density at radius 3 is 2.04 bits per heavy atom. The summed E-state index contributed by atoms with van der Waals surface area (Å²) in [6.45, 7) is 2.06. The van der Waals surface area contributed by atoms with Crippen LogP contribution in [0.25, 0.3) is 21.9 Å². The summed E-state index contributed by atoms with van der Waals surface area (Å²) in [4.78, 5) is 28.7. The first-order valence-corrected chi connectivity index (χ1v) is 9.33. The molecule has 0 heterocycles. The van der Waals surface area contributed by atoms with Crippen LogP contribution in [0.5, 0.6) is 0 Å². The largest absolute Gasteiger partial charge is 0.349 e. The fourth-order valence-corrected chi connectivity index (χ4v) is 3.48. The van der Waals surface area contributed by atoms with Crippen molar-refractivity contribution in [3.05, 3.63) is 71.3 Å². The van der Waals surface area contributed by atoms with Crippen molar-refractivity contribution in [3.8, 4) is 11.1 Å². The summed E-state index contributed by atoms with van der Waals surface area (Å²) in [6, 6.07) is 17.9. The van der Waals surface area contributed by atoms with Crippen LogP contribution >= 0.6 is 0 Å². The minimum atomic E-state index is -0.0417. The molecule has 0 saturated carbocycles. The third-order valence-electron chi connectivity index (χ3n) is 5.02. The van der Waals surface area contributed by atoms with E-state index in [-0.39, 0.29) is 11.8 Å². The maximum Gasteiger partial charge on any atom is 0.254 e. The van der Waals surface area contributed by atoms with Gasteiger partial charge in [0.2, 0.25) is 5.91 Å². The molecule has 144 valence electrons. The molecule has 3 aromatic carbocycles. The van der Waals surface area contributed by atoms with Gasteiger partial charge in [0.05, 0.1) is 12.0 Å². The van der Waals surface area contributed by atoms with Gasteiger partial charge in [-0.2, -0.15) is 0 Å². The number of hydrogen-bond acceptors (Lipinski definition) is 2. The number of amides is 2. The van der Waals surface area contributed by atoms with Crippen molar-refractivity contribution in [2.75, 3.05) is 28.2 Å². The number of carbonyl (C=O) groups excluding carboxylic acids is 2. The molecular formula is C24H26N2O2. The third-order valence-corrected chi connectivity index (χ3v) is 5.02. The Morgan fingerprint density at radius 1 is 0.786 bits per heavy atom. The molecule has 3 rings (SSSR count). The molecule has 0 aliphatic carbocycles. The van der Waals surface area contributed by atoms with Gasteiger partial charge < -0.3 is 9.80 Å². The van der Waals surface area contributed by atoms with Gasteiger partial charge in [0, 0.05) is 28.2 Å². The minimum absolute atomic E-state index is 0.0328. The fourth-order valence-electron chi connectivity index (χ4n) is 3.48. The molecule has 0 aromatic heterocycles. The van der Waals surface area contributed by atoms with E-state index in [4.69, 9.17) is 0 Å². The average molecular weight is 374 g/mol. The van der Waals surface area contributed by atoms with E-state index in [1.165, 1.54) is 0 Å². The number of likely N-dealkylation sites (N-methyl/N-ethyl adjacent to an activating group) is 1. The molecule has 3 aromatic rings. The number of rotatable bonds is 4. The number of fused-ring (bicyclic) bond motifs is 1. The quantitative estimate of drug-likeness (QED) is 0.688. The molecule has 0 N–H and O–H groups in total. The Hall–Kier alpha value is -3.14. The molecule has 0 radical (unpaired) electrons. The van der Waals surface area contributed by atoms with E-state index in [2.05, 4.69) is 13.0 Å². The van der Waals surface area contributed by atoms with E-state index in [1.54, 1.807) is 38.0 Å². The zero-order chi connectivity index (χ0) is 20.4. The van der Waals surface area contributed by atoms with E-state index in [1.807, 2.05) is 48.5 Å². The van der Waals surface area contributed by atoms with Gasteiger partial charge in [-0.3, -0.25) is 9.59 Å². The van der Waals surface area contributed by atoms with Gasteiger partial charge >= 0.3 is 0 Å². The van der Waals surface area contributed by atoms with Crippen LogP contribution in [0.2, 0.25) is 0 Å². The molecule has 0 fully saturated rings. The monoisotopic (exact) mass is 374 g/mol. The maximum absolute atomic E-state index is 13.2. The van der Waals surface area contributed by atoms with Gasteiger partial charge in [-0.25, -0.2) is 0 Å². The van der Waals surface area contributed by atoms with Crippen LogP contribution < -0.4 is 0 Å². The molecule has 4 heteroatoms. The molecule has 0 aliphatic heterocycles. The van der Waals surface area contributed by atoms with Gasteiger partial charge in [0.15, 0.2) is 0 Å². The van der Waals surface area contributed by atoms with Crippen LogP contribution in [0, 0.1) is 6.92 Å². The van der Waals surface area contributed by atoms with Crippen LogP contribution in [0.4, 0.5) is 0 Å². The lowest BCUT2D eigenvalue weighted by Crippen LogP contribution is -2.24. The first-order valence-electron chi connectivity index (χ1n) is 9.33. The van der Waals surface area contributed by atoms with Crippen LogP contribution in [0.1, 0.15) is 21.5 Å². The van der Waals surface area contributed by atoms with Crippen molar-refractivity contribution in [3.63, 3.8) is 0 Å². The first kappa shape index (κ1) is 19.6. The van der Waals surface area contributed by atoms with Gasteiger partial charge in [-0.1, -0.05) is 48.5 Å². The molecule has 0 atom stereocenters. The molecule has 0 spiro atoms. The van der Waals surface area contributed by atoms with Crippen LogP contribution in [-0.4, -0.2) is 49.8 Å². The van der Waals surface area contributed by atoms with Crippen molar-refractivity contribution < 1.29 is 9.59 Å². The molecule has 0 saturated heterocycles. The number of aryl methyl sites for hydroxylation is 1. The Balaban J connectivity index is 2.31. The maximum atomic E-state index is 13.2. The average Bonchev–Trinajstić information content (AvgIpc) is 2.67. The Bertz CT molecular complexity index is 1050. The first-order chi connectivity index (χ1) is 13.3. The van der Waals surface area contributed by atoms with Crippen molar-refractivity contribution in [2.24, 2.45) is 0 Å². The normalized spacial score (nSPS) is 10.8. The highest BCUT2D eigenvalue weighted by Gasteiger charge is 2.21. The van der Waals surface area contributed by atoms with E-state index >= 15 is 0 Å². The van der Waals surface area contributed by atoms with Crippen molar-refractivity contribution in [1.29, 1.82) is 0 Å². The highest BCUT2D eigenvalue weighted by Crippen LogP contribution is 2.35. The SMILES string of the molecule is Cc1cc(-c2ccccc2CC(=O)N(C)C)c(C(=O)N(C)C)c2ccccc12. The van der Waals surface area contributed by atoms with Gasteiger partial charge in [-0.05, 0) is 46.0 Å². The highest BCUT2D eigenvalue weighted by atomic mass is 16.2. The summed E-state index contributed by atoms with van der Waals surface area (Å²) in [7, 11) is 7.04. The number of carbonyl (C=O) groups is 2. The van der Waals surface area contributed by atoms with Crippen LogP contribution in [0.3, 0.4) is 0 Å². The second-order valence-electron chi connectivity index (χ2n) is 7.48. The fraction of sp³-hybridized carbons (Fsp3) is 0.250. The lowest BCUT2D eigenvalue weighted by atomic mass is 9.88. The molecule has 0 aliphatic rings. The van der Waals surface area contributed by atoms with Gasteiger partial charge in [0.25, 0.3) is 5.91 Å². The van der Waals surface area contributed by atoms with E-state index < -0.39 is 0 Å². The molecule has 28 heavy (non-hydrogen) atoms. The summed E-state index contributed by atoms with van der Waals surface area (Å²) in [5.74, 6) is -0.00890. The molecular weight excluding hydrogens is 348 g/mol. The molecule has 0 unspecified atom stereocenters. The van der Waals surface area contributed by atoms with Crippen LogP contribution in [0.15, 0.2) is 54.6 Å². The highest BCUT2D eigenvalue weighted by molar-refractivity contribution is 6.13. The van der Waals surface area contributed by atoms with E-state index in [0.29, 0.717) is 12.0 Å². The summed E-state index contributed by atoms with van der Waals surface area (Å²) in [5, 5.41) is 2.00. The molecule has 0 bridgehead atoms. The topological polar surface area (TPSA) is 40.6 Å². The summed E-state index contributed by atoms with van der Waals surface area (Å²) >= 11 is 0. The van der Waals surface area contributed by atoms with E-state index in [0.717, 1.165) is 33.0 Å². The summed E-state index contributed by atoms with van der Waals surface area (Å²) in [6.07, 6.45) is 0.296. The summed E-state index contributed by atoms with van der Waals surface area (Å²) in [5.41, 5.74) is 4.50. The second kappa shape index (κ2) is 7.85. The predicted octanol–water partition coefficient (Wildman–Crippen LogP) is 4.15. The summed E-state index contributed by atoms with van der Waals surface area (Å²) < 4.78 is 0. The zero-order valence-corrected chi connectivity index (χ0v) is 17.1. The number of nitrogens with zero attached hydrogens (tertiary/aromatic N) is 2. The Labute approximate surface area is 166 Å². The standard InChI is InChI=1S/C24H26N2O2/c1-16-14-21(19-12-7-6-10-17(19)15-22(27)25(2)3)23(24(28)26(4)5)20-13-9-8-11-18(16)20/h6-14H,15H2,1-5H3. The molecule has 4 nitrogen and oxygen atoms in total. The lowest BCUT2D eigenvalue weighted by Gasteiger charge is -2.20. The number of benzene rings is 3. The van der Waals surface area contributed by atoms with Gasteiger partial charge in [0.1, 0.15) is 0 Å². The third kappa shape index (κ3) is 3.63. The zero-order valence-electron chi connectivity index (χ0n) is 17.1. The van der Waals surface area contributed by atoms with E-state index in [9.17, 15) is 9.59 Å². The predicted molar refractivity (Wildman–Crippen MR) is 115 cm³/mol. The smallest absolute Gasteiger partial charge is 0.254 e. The van der Waals surface area contributed by atoms with Crippen LogP contribution in [-0.2, 0) is 11.2 Å². The van der Waals surface area contributed by atoms with Crippen molar-refractivity contribution >= 4 is 22.6 Å². The van der Waals surface area contributed by atoms with Gasteiger partial charge in [-0.15, -0.1) is 0 Å². The minimum Gasteiger partial charge on any atom is -0.349 e.